The number of urea groups is 1. The zero-order valence-corrected chi connectivity index (χ0v) is 31.8. The molecule has 4 rings (SSSR count). The van der Waals surface area contributed by atoms with Crippen LogP contribution in [0.5, 0.6) is 0 Å². The number of ketones is 3. The average molecular weight is 705 g/mol. The lowest BCUT2D eigenvalue weighted by Crippen LogP contribution is -2.62. The highest BCUT2D eigenvalue weighted by Gasteiger charge is 2.69. The highest BCUT2D eigenvalue weighted by Crippen LogP contribution is 2.65. The first-order valence-electron chi connectivity index (χ1n) is 18.2. The maximum Gasteiger partial charge on any atom is 0.315 e. The van der Waals surface area contributed by atoms with Gasteiger partial charge in [0.2, 0.25) is 21.7 Å². The molecule has 6 atom stereocenters. The third-order valence-electron chi connectivity index (χ3n) is 11.4. The van der Waals surface area contributed by atoms with Crippen LogP contribution in [-0.2, 0) is 29.2 Å². The van der Waals surface area contributed by atoms with E-state index in [0.717, 1.165) is 19.3 Å². The van der Waals surface area contributed by atoms with Crippen LogP contribution in [0.25, 0.3) is 0 Å². The molecule has 12 heteroatoms. The van der Waals surface area contributed by atoms with Gasteiger partial charge in [0.05, 0.1) is 11.8 Å². The van der Waals surface area contributed by atoms with Crippen molar-refractivity contribution in [2.24, 2.45) is 39.9 Å². The summed E-state index contributed by atoms with van der Waals surface area (Å²) < 4.78 is 27.0. The van der Waals surface area contributed by atoms with Crippen LogP contribution in [0.2, 0.25) is 0 Å². The number of hydrogen-bond donors (Lipinski definition) is 2. The van der Waals surface area contributed by atoms with Crippen LogP contribution in [0.3, 0.4) is 0 Å². The fourth-order valence-electron chi connectivity index (χ4n) is 7.80. The maximum absolute atomic E-state index is 14.5. The van der Waals surface area contributed by atoms with E-state index in [2.05, 4.69) is 31.1 Å². The van der Waals surface area contributed by atoms with Crippen molar-refractivity contribution in [3.8, 4) is 0 Å². The van der Waals surface area contributed by atoms with Gasteiger partial charge < -0.3 is 15.5 Å². The number of carbonyl (C=O) groups is 5. The largest absolute Gasteiger partial charge is 0.334 e. The minimum Gasteiger partial charge on any atom is -0.334 e. The molecule has 0 bridgehead atoms. The lowest BCUT2D eigenvalue weighted by Gasteiger charge is -2.39. The van der Waals surface area contributed by atoms with E-state index >= 15 is 0 Å². The summed E-state index contributed by atoms with van der Waals surface area (Å²) in [7, 11) is -3.41. The van der Waals surface area contributed by atoms with E-state index in [1.807, 2.05) is 41.5 Å². The van der Waals surface area contributed by atoms with Crippen LogP contribution in [-0.4, -0.2) is 90.4 Å². The van der Waals surface area contributed by atoms with E-state index in [4.69, 9.17) is 0 Å². The van der Waals surface area contributed by atoms with Gasteiger partial charge in [-0.2, -0.15) is 4.31 Å². The van der Waals surface area contributed by atoms with Gasteiger partial charge in [0.1, 0.15) is 6.04 Å². The monoisotopic (exact) mass is 704 g/mol. The lowest BCUT2D eigenvalue weighted by molar-refractivity contribution is -0.144. The SMILES string of the molecule is C=CCCC(=O)C(=O)C(CC(=O)[C@@H]1[C@@H]2[C@H](CN1C(=O)[C@@H](NC(=O)N[C@H](CN1CCCCS1(=O)=O)C(C)(C)C)C(C)(C)C)C2(C)C)CC1CC1. The predicted molar refractivity (Wildman–Crippen MR) is 189 cm³/mol. The van der Waals surface area contributed by atoms with Gasteiger partial charge in [-0.15, -0.1) is 6.58 Å². The number of Topliss-reactive ketones (excluding diaryl/α,β-unsaturated/α-hetero) is 3. The summed E-state index contributed by atoms with van der Waals surface area (Å²) in [4.78, 5) is 69.9. The first kappa shape index (κ1) is 39.2. The third-order valence-corrected chi connectivity index (χ3v) is 13.3. The van der Waals surface area contributed by atoms with Gasteiger partial charge in [-0.25, -0.2) is 13.2 Å². The van der Waals surface area contributed by atoms with Crippen LogP contribution in [0, 0.1) is 39.9 Å². The van der Waals surface area contributed by atoms with Crippen molar-refractivity contribution in [3.05, 3.63) is 12.7 Å². The normalized spacial score (nSPS) is 26.5. The van der Waals surface area contributed by atoms with Crippen LogP contribution < -0.4 is 10.6 Å². The van der Waals surface area contributed by atoms with Gasteiger partial charge in [0.25, 0.3) is 0 Å². The number of fused-ring (bicyclic) bond motifs is 1. The second-order valence-corrected chi connectivity index (χ2v) is 19.9. The molecule has 0 aromatic rings. The van der Waals surface area contributed by atoms with Gasteiger partial charge in [-0.1, -0.05) is 74.3 Å². The van der Waals surface area contributed by atoms with Gasteiger partial charge in [-0.05, 0) is 59.7 Å². The molecule has 3 amide bonds. The summed E-state index contributed by atoms with van der Waals surface area (Å²) in [5.41, 5.74) is -1.35. The van der Waals surface area contributed by atoms with Crippen LogP contribution in [0.15, 0.2) is 12.7 Å². The molecule has 0 aromatic carbocycles. The summed E-state index contributed by atoms with van der Waals surface area (Å²) in [5, 5.41) is 5.88. The molecule has 4 aliphatic rings. The number of nitrogens with zero attached hydrogens (tertiary/aromatic N) is 2. The Bertz CT molecular complexity index is 1420. The molecule has 2 aliphatic carbocycles. The number of piperidine rings is 1. The Labute approximate surface area is 293 Å². The Kier molecular flexibility index (Phi) is 11.6. The summed E-state index contributed by atoms with van der Waals surface area (Å²) in [6.07, 6.45) is 5.85. The van der Waals surface area contributed by atoms with E-state index in [1.54, 1.807) is 11.0 Å². The Morgan fingerprint density at radius 3 is 2.18 bits per heavy atom. The maximum atomic E-state index is 14.5. The lowest BCUT2D eigenvalue weighted by atomic mass is 9.83. The summed E-state index contributed by atoms with van der Waals surface area (Å²) in [6.45, 7) is 20.1. The van der Waals surface area contributed by atoms with E-state index < -0.39 is 62.5 Å². The van der Waals surface area contributed by atoms with Crippen LogP contribution in [0.1, 0.15) is 107 Å². The standard InChI is InChI=1S/C37H60N4O7S/c1-10-11-14-26(42)31(44)24(19-23-15-16-23)20-27(43)30-29-25(37(29,8)9)21-41(30)33(45)32(36(5,6)7)39-34(46)38-28(35(2,3)4)22-40-17-12-13-18-49(40,47)48/h10,23-25,28-30,32H,1,11-22H2,2-9H3,(H2,38,39,46)/t24?,25-,28+,29-,30+,32+/m0/s1. The molecule has 4 fully saturated rings. The van der Waals surface area contributed by atoms with Crippen LogP contribution in [0.4, 0.5) is 4.79 Å². The molecule has 2 saturated carbocycles. The predicted octanol–water partition coefficient (Wildman–Crippen LogP) is 4.50. The Morgan fingerprint density at radius 1 is 0.980 bits per heavy atom. The molecule has 0 aromatic heterocycles. The fraction of sp³-hybridized carbons (Fsp3) is 0.811. The van der Waals surface area contributed by atoms with Gasteiger partial charge in [0, 0.05) is 44.4 Å². The second kappa shape index (κ2) is 14.6. The van der Waals surface area contributed by atoms with Crippen molar-refractivity contribution in [2.75, 3.05) is 25.4 Å². The highest BCUT2D eigenvalue weighted by atomic mass is 32.2. The Balaban J connectivity index is 1.52. The Hall–Kier alpha value is -2.60. The molecule has 2 saturated heterocycles. The van der Waals surface area contributed by atoms with E-state index in [9.17, 15) is 32.4 Å². The molecule has 0 spiro atoms. The molecule has 2 heterocycles. The number of allylic oxidation sites excluding steroid dienone is 1. The zero-order valence-electron chi connectivity index (χ0n) is 31.0. The second-order valence-electron chi connectivity index (χ2n) is 17.8. The number of hydrogen-bond acceptors (Lipinski definition) is 7. The molecule has 2 N–H and O–H groups in total. The molecule has 1 unspecified atom stereocenters. The number of likely N-dealkylation sites (tertiary alicyclic amines) is 1. The molecular formula is C37H60N4O7S. The summed E-state index contributed by atoms with van der Waals surface area (Å²) in [5.74, 6) is -1.76. The van der Waals surface area contributed by atoms with Crippen molar-refractivity contribution < 1.29 is 32.4 Å². The minimum atomic E-state index is -3.41. The number of amides is 3. The van der Waals surface area contributed by atoms with E-state index in [-0.39, 0.29) is 54.1 Å². The van der Waals surface area contributed by atoms with Gasteiger partial charge in [0.15, 0.2) is 11.6 Å². The van der Waals surface area contributed by atoms with E-state index in [1.165, 1.54) is 4.31 Å². The molecule has 0 radical (unpaired) electrons. The summed E-state index contributed by atoms with van der Waals surface area (Å²) >= 11 is 0. The molecule has 49 heavy (non-hydrogen) atoms. The number of sulfonamides is 1. The third kappa shape index (κ3) is 9.20. The number of carbonyl (C=O) groups excluding carboxylic acids is 5. The first-order chi connectivity index (χ1) is 22.6. The highest BCUT2D eigenvalue weighted by molar-refractivity contribution is 7.89. The van der Waals surface area contributed by atoms with Crippen molar-refractivity contribution in [1.82, 2.24) is 19.8 Å². The van der Waals surface area contributed by atoms with Gasteiger partial charge in [-0.3, -0.25) is 19.2 Å². The first-order valence-corrected chi connectivity index (χ1v) is 19.8. The number of nitrogens with one attached hydrogen (secondary N) is 2. The quantitative estimate of drug-likeness (QED) is 0.188. The Morgan fingerprint density at radius 2 is 1.63 bits per heavy atom. The molecule has 2 aliphatic heterocycles. The van der Waals surface area contributed by atoms with Crippen molar-refractivity contribution >= 4 is 39.3 Å². The topological polar surface area (TPSA) is 150 Å². The minimum absolute atomic E-state index is 0.0664. The fourth-order valence-corrected chi connectivity index (χ4v) is 9.41. The molecule has 11 nitrogen and oxygen atoms in total. The van der Waals surface area contributed by atoms with Crippen molar-refractivity contribution in [1.29, 1.82) is 0 Å². The molecule has 276 valence electrons. The molecular weight excluding hydrogens is 644 g/mol. The van der Waals surface area contributed by atoms with E-state index in [0.29, 0.717) is 38.3 Å². The van der Waals surface area contributed by atoms with Crippen molar-refractivity contribution in [3.63, 3.8) is 0 Å². The summed E-state index contributed by atoms with van der Waals surface area (Å²) in [6, 6.07) is -2.83. The average Bonchev–Trinajstić information content (AvgIpc) is 3.84. The van der Waals surface area contributed by atoms with Crippen molar-refractivity contribution in [2.45, 2.75) is 125 Å². The smallest absolute Gasteiger partial charge is 0.315 e. The zero-order chi connectivity index (χ0) is 36.7. The number of rotatable bonds is 15. The van der Waals surface area contributed by atoms with Crippen LogP contribution >= 0.6 is 0 Å². The van der Waals surface area contributed by atoms with Gasteiger partial charge >= 0.3 is 6.03 Å².